The maximum absolute atomic E-state index is 4.23. The zero-order valence-electron chi connectivity index (χ0n) is 11.7. The first-order chi connectivity index (χ1) is 8.81. The second kappa shape index (κ2) is 6.90. The smallest absolute Gasteiger partial charge is 0.0948 e. The second-order valence-electron chi connectivity index (χ2n) is 5.30. The third-order valence-corrected chi connectivity index (χ3v) is 3.77. The summed E-state index contributed by atoms with van der Waals surface area (Å²) in [4.78, 5) is 6.81. The molecular weight excluding hydrogens is 224 g/mol. The number of likely N-dealkylation sites (tertiary alicyclic amines) is 1. The van der Waals surface area contributed by atoms with Crippen molar-refractivity contribution in [3.63, 3.8) is 0 Å². The summed E-state index contributed by atoms with van der Waals surface area (Å²) in [5.41, 5.74) is 1.30. The Hall–Kier alpha value is -0.870. The van der Waals surface area contributed by atoms with E-state index in [9.17, 15) is 0 Å². The Morgan fingerprint density at radius 1 is 1.39 bits per heavy atom. The summed E-state index contributed by atoms with van der Waals surface area (Å²) in [6.07, 6.45) is 7.81. The van der Waals surface area contributed by atoms with Crippen molar-refractivity contribution in [3.05, 3.63) is 18.2 Å². The molecule has 4 nitrogen and oxygen atoms in total. The molecule has 0 spiro atoms. The Bertz CT molecular complexity index is 341. The quantitative estimate of drug-likeness (QED) is 0.802. The molecule has 1 aliphatic rings. The van der Waals surface area contributed by atoms with Crippen molar-refractivity contribution in [1.82, 2.24) is 19.8 Å². The first-order valence-corrected chi connectivity index (χ1v) is 7.25. The highest BCUT2D eigenvalue weighted by atomic mass is 15.2. The zero-order chi connectivity index (χ0) is 12.8. The molecule has 1 unspecified atom stereocenters. The summed E-state index contributed by atoms with van der Waals surface area (Å²) in [6, 6.07) is 0.648. The predicted molar refractivity (Wildman–Crippen MR) is 74.5 cm³/mol. The van der Waals surface area contributed by atoms with Gasteiger partial charge in [0.15, 0.2) is 0 Å². The lowest BCUT2D eigenvalue weighted by atomic mass is 10.3. The molecule has 0 aliphatic carbocycles. The minimum Gasteiger partial charge on any atom is -0.333 e. The van der Waals surface area contributed by atoms with E-state index in [1.165, 1.54) is 31.6 Å². The molecule has 1 atom stereocenters. The molecule has 2 rings (SSSR count). The Morgan fingerprint density at radius 3 is 2.89 bits per heavy atom. The van der Waals surface area contributed by atoms with E-state index in [2.05, 4.69) is 33.6 Å². The number of aromatic nitrogens is 2. The van der Waals surface area contributed by atoms with Gasteiger partial charge in [-0.25, -0.2) is 4.98 Å². The van der Waals surface area contributed by atoms with E-state index >= 15 is 0 Å². The minimum atomic E-state index is 0.648. The van der Waals surface area contributed by atoms with E-state index in [4.69, 9.17) is 0 Å². The number of nitrogens with zero attached hydrogens (tertiary/aromatic N) is 3. The molecule has 0 aromatic carbocycles. The van der Waals surface area contributed by atoms with Crippen molar-refractivity contribution in [2.75, 3.05) is 19.6 Å². The Labute approximate surface area is 110 Å². The van der Waals surface area contributed by atoms with Gasteiger partial charge in [-0.2, -0.15) is 0 Å². The fourth-order valence-electron chi connectivity index (χ4n) is 2.66. The van der Waals surface area contributed by atoms with Crippen molar-refractivity contribution in [1.29, 1.82) is 0 Å². The molecule has 1 aromatic rings. The number of rotatable bonds is 7. The first kappa shape index (κ1) is 13.6. The molecule has 1 fully saturated rings. The van der Waals surface area contributed by atoms with Gasteiger partial charge < -0.3 is 9.88 Å². The Kier molecular flexibility index (Phi) is 5.20. The molecule has 1 aromatic heterocycles. The van der Waals surface area contributed by atoms with E-state index in [1.807, 2.05) is 12.5 Å². The predicted octanol–water partition coefficient (Wildman–Crippen LogP) is 1.87. The van der Waals surface area contributed by atoms with Crippen LogP contribution in [0.2, 0.25) is 0 Å². The molecule has 102 valence electrons. The second-order valence-corrected chi connectivity index (χ2v) is 5.30. The molecule has 2 heterocycles. The molecule has 0 saturated carbocycles. The fraction of sp³-hybridized carbons (Fsp3) is 0.786. The maximum atomic E-state index is 4.23. The first-order valence-electron chi connectivity index (χ1n) is 7.25. The average Bonchev–Trinajstić information content (AvgIpc) is 3.01. The van der Waals surface area contributed by atoms with Gasteiger partial charge in [0.25, 0.3) is 0 Å². The lowest BCUT2D eigenvalue weighted by Crippen LogP contribution is -2.38. The largest absolute Gasteiger partial charge is 0.333 e. The number of hydrogen-bond acceptors (Lipinski definition) is 3. The van der Waals surface area contributed by atoms with Crippen LogP contribution in [0.3, 0.4) is 0 Å². The van der Waals surface area contributed by atoms with Crippen molar-refractivity contribution >= 4 is 0 Å². The van der Waals surface area contributed by atoms with Crippen molar-refractivity contribution in [2.45, 2.75) is 52.2 Å². The topological polar surface area (TPSA) is 33.1 Å². The van der Waals surface area contributed by atoms with E-state index < -0.39 is 0 Å². The van der Waals surface area contributed by atoms with Crippen LogP contribution in [0.25, 0.3) is 0 Å². The highest BCUT2D eigenvalue weighted by Gasteiger charge is 2.17. The van der Waals surface area contributed by atoms with Crippen LogP contribution in [0.5, 0.6) is 0 Å². The van der Waals surface area contributed by atoms with Crippen molar-refractivity contribution in [2.24, 2.45) is 0 Å². The zero-order valence-corrected chi connectivity index (χ0v) is 11.7. The molecule has 18 heavy (non-hydrogen) atoms. The third kappa shape index (κ3) is 3.56. The highest BCUT2D eigenvalue weighted by molar-refractivity contribution is 4.98. The van der Waals surface area contributed by atoms with Crippen LogP contribution in [0, 0.1) is 0 Å². The fourth-order valence-corrected chi connectivity index (χ4v) is 2.66. The van der Waals surface area contributed by atoms with Gasteiger partial charge >= 0.3 is 0 Å². The number of aryl methyl sites for hydroxylation is 1. The summed E-state index contributed by atoms with van der Waals surface area (Å²) in [7, 11) is 0. The van der Waals surface area contributed by atoms with Crippen molar-refractivity contribution in [3.8, 4) is 0 Å². The Balaban J connectivity index is 1.72. The molecular formula is C14H26N4. The molecule has 0 amide bonds. The molecule has 1 N–H and O–H groups in total. The van der Waals surface area contributed by atoms with Crippen LogP contribution in [-0.4, -0.2) is 40.1 Å². The molecule has 1 saturated heterocycles. The van der Waals surface area contributed by atoms with Crippen LogP contribution >= 0.6 is 0 Å². The van der Waals surface area contributed by atoms with Crippen LogP contribution in [0.1, 0.15) is 38.8 Å². The number of imidazole rings is 1. The highest BCUT2D eigenvalue weighted by Crippen LogP contribution is 2.10. The lowest BCUT2D eigenvalue weighted by molar-refractivity contribution is 0.251. The number of nitrogens with one attached hydrogen (secondary N) is 1. The SMILES string of the molecule is CCCn1cncc1CNCC(C)N1CCCC1. The van der Waals surface area contributed by atoms with E-state index in [-0.39, 0.29) is 0 Å². The van der Waals surface area contributed by atoms with Gasteiger partial charge in [0, 0.05) is 31.9 Å². The standard InChI is InChI=1S/C14H26N4/c1-3-6-18-12-16-11-14(18)10-15-9-13(2)17-7-4-5-8-17/h11-13,15H,3-10H2,1-2H3. The van der Waals surface area contributed by atoms with Crippen LogP contribution in [-0.2, 0) is 13.1 Å². The molecule has 0 radical (unpaired) electrons. The Morgan fingerprint density at radius 2 is 2.17 bits per heavy atom. The lowest BCUT2D eigenvalue weighted by Gasteiger charge is -2.24. The minimum absolute atomic E-state index is 0.648. The van der Waals surface area contributed by atoms with Gasteiger partial charge in [-0.05, 0) is 39.3 Å². The van der Waals surface area contributed by atoms with Gasteiger partial charge in [0.1, 0.15) is 0 Å². The van der Waals surface area contributed by atoms with E-state index in [0.717, 1.165) is 26.1 Å². The summed E-state index contributed by atoms with van der Waals surface area (Å²) in [5.74, 6) is 0. The van der Waals surface area contributed by atoms with Gasteiger partial charge in [-0.15, -0.1) is 0 Å². The van der Waals surface area contributed by atoms with E-state index in [0.29, 0.717) is 6.04 Å². The summed E-state index contributed by atoms with van der Waals surface area (Å²) in [5, 5.41) is 3.56. The molecule has 0 bridgehead atoms. The number of hydrogen-bond donors (Lipinski definition) is 1. The van der Waals surface area contributed by atoms with Gasteiger partial charge in [0.2, 0.25) is 0 Å². The summed E-state index contributed by atoms with van der Waals surface area (Å²) in [6.45, 7) is 10.1. The molecule has 4 heteroatoms. The summed E-state index contributed by atoms with van der Waals surface area (Å²) >= 11 is 0. The van der Waals surface area contributed by atoms with Gasteiger partial charge in [-0.3, -0.25) is 4.90 Å². The van der Waals surface area contributed by atoms with Crippen LogP contribution in [0.15, 0.2) is 12.5 Å². The average molecular weight is 250 g/mol. The molecule has 1 aliphatic heterocycles. The van der Waals surface area contributed by atoms with Crippen molar-refractivity contribution < 1.29 is 0 Å². The van der Waals surface area contributed by atoms with Crippen LogP contribution < -0.4 is 5.32 Å². The maximum Gasteiger partial charge on any atom is 0.0948 e. The normalized spacial score (nSPS) is 18.3. The monoisotopic (exact) mass is 250 g/mol. The van der Waals surface area contributed by atoms with E-state index in [1.54, 1.807) is 0 Å². The van der Waals surface area contributed by atoms with Gasteiger partial charge in [-0.1, -0.05) is 6.92 Å². The third-order valence-electron chi connectivity index (χ3n) is 3.77. The summed E-state index contributed by atoms with van der Waals surface area (Å²) < 4.78 is 2.24. The van der Waals surface area contributed by atoms with Crippen LogP contribution in [0.4, 0.5) is 0 Å². The van der Waals surface area contributed by atoms with Gasteiger partial charge in [0.05, 0.1) is 12.0 Å².